The SMILES string of the molecule is CCCC(O)(CCC)CN=C(NCC)NCCNc1nccc(C(F)(F)F)n1.I. The summed E-state index contributed by atoms with van der Waals surface area (Å²) < 4.78 is 38.0. The molecule has 0 fully saturated rings. The molecule has 1 rings (SSSR count). The van der Waals surface area contributed by atoms with Gasteiger partial charge in [-0.25, -0.2) is 9.97 Å². The highest BCUT2D eigenvalue weighted by atomic mass is 127. The van der Waals surface area contributed by atoms with Crippen molar-refractivity contribution in [3.05, 3.63) is 18.0 Å². The maximum Gasteiger partial charge on any atom is 0.433 e. The first-order valence-electron chi connectivity index (χ1n) is 9.62. The van der Waals surface area contributed by atoms with E-state index in [0.717, 1.165) is 25.1 Å². The first kappa shape index (κ1) is 27.6. The van der Waals surface area contributed by atoms with Gasteiger partial charge in [0.25, 0.3) is 0 Å². The monoisotopic (exact) mass is 532 g/mol. The van der Waals surface area contributed by atoms with Gasteiger partial charge in [0.1, 0.15) is 5.69 Å². The van der Waals surface area contributed by atoms with Gasteiger partial charge in [-0.1, -0.05) is 26.7 Å². The summed E-state index contributed by atoms with van der Waals surface area (Å²) in [7, 11) is 0. The van der Waals surface area contributed by atoms with Crippen LogP contribution < -0.4 is 16.0 Å². The van der Waals surface area contributed by atoms with E-state index in [0.29, 0.717) is 38.4 Å². The second-order valence-electron chi connectivity index (χ2n) is 6.54. The Hall–Kier alpha value is -1.37. The highest BCUT2D eigenvalue weighted by Crippen LogP contribution is 2.27. The number of anilines is 1. The fraction of sp³-hybridized carbons (Fsp3) is 0.722. The third kappa shape index (κ3) is 10.8. The van der Waals surface area contributed by atoms with Gasteiger partial charge >= 0.3 is 6.18 Å². The Kier molecular flexibility index (Phi) is 13.1. The van der Waals surface area contributed by atoms with E-state index < -0.39 is 17.5 Å². The van der Waals surface area contributed by atoms with Gasteiger partial charge in [-0.2, -0.15) is 13.2 Å². The van der Waals surface area contributed by atoms with Crippen molar-refractivity contribution in [3.8, 4) is 0 Å². The Morgan fingerprint density at radius 1 is 1.10 bits per heavy atom. The normalized spacial score (nSPS) is 12.3. The molecule has 0 radical (unpaired) electrons. The largest absolute Gasteiger partial charge is 0.433 e. The lowest BCUT2D eigenvalue weighted by Crippen LogP contribution is -2.41. The maximum absolute atomic E-state index is 12.7. The van der Waals surface area contributed by atoms with E-state index >= 15 is 0 Å². The van der Waals surface area contributed by atoms with Crippen LogP contribution in [0.4, 0.5) is 19.1 Å². The van der Waals surface area contributed by atoms with Crippen molar-refractivity contribution in [1.82, 2.24) is 20.6 Å². The molecule has 0 aliphatic rings. The molecule has 0 aliphatic heterocycles. The summed E-state index contributed by atoms with van der Waals surface area (Å²) in [4.78, 5) is 11.7. The average Bonchev–Trinajstić information content (AvgIpc) is 2.63. The van der Waals surface area contributed by atoms with Gasteiger partial charge in [0.2, 0.25) is 5.95 Å². The minimum Gasteiger partial charge on any atom is -0.388 e. The van der Waals surface area contributed by atoms with Crippen LogP contribution in [0.25, 0.3) is 0 Å². The lowest BCUT2D eigenvalue weighted by atomic mass is 9.93. The highest BCUT2D eigenvalue weighted by molar-refractivity contribution is 14.0. The van der Waals surface area contributed by atoms with Crippen molar-refractivity contribution in [2.24, 2.45) is 4.99 Å². The van der Waals surface area contributed by atoms with Crippen LogP contribution in [0, 0.1) is 0 Å². The van der Waals surface area contributed by atoms with Crippen LogP contribution in [0.15, 0.2) is 17.3 Å². The number of alkyl halides is 3. The van der Waals surface area contributed by atoms with Gasteiger partial charge in [0, 0.05) is 25.8 Å². The predicted molar refractivity (Wildman–Crippen MR) is 120 cm³/mol. The maximum atomic E-state index is 12.7. The van der Waals surface area contributed by atoms with Gasteiger partial charge in [-0.05, 0) is 25.8 Å². The van der Waals surface area contributed by atoms with E-state index in [2.05, 4.69) is 30.9 Å². The van der Waals surface area contributed by atoms with Crippen LogP contribution in [0.5, 0.6) is 0 Å². The molecule has 29 heavy (non-hydrogen) atoms. The summed E-state index contributed by atoms with van der Waals surface area (Å²) in [5.74, 6) is 0.457. The zero-order valence-electron chi connectivity index (χ0n) is 17.1. The number of hydrogen-bond donors (Lipinski definition) is 4. The fourth-order valence-electron chi connectivity index (χ4n) is 2.74. The van der Waals surface area contributed by atoms with Crippen LogP contribution in [0.3, 0.4) is 0 Å². The molecule has 0 saturated carbocycles. The molecular formula is C18H32F3IN6O. The van der Waals surface area contributed by atoms with Gasteiger partial charge in [-0.3, -0.25) is 4.99 Å². The molecule has 4 N–H and O–H groups in total. The molecule has 0 atom stereocenters. The fourth-order valence-corrected chi connectivity index (χ4v) is 2.74. The Morgan fingerprint density at radius 3 is 2.31 bits per heavy atom. The number of nitrogens with zero attached hydrogens (tertiary/aromatic N) is 3. The standard InChI is InChI=1S/C18H31F3N6O.HI/c1-4-8-17(28,9-5-2)13-26-15(22-6-3)24-11-12-25-16-23-10-7-14(27-16)18(19,20)21;/h7,10,28H,4-6,8-9,11-13H2,1-3H3,(H2,22,24,26)(H,23,25,27);1H. The zero-order valence-corrected chi connectivity index (χ0v) is 19.5. The van der Waals surface area contributed by atoms with Crippen molar-refractivity contribution >= 4 is 35.9 Å². The second-order valence-corrected chi connectivity index (χ2v) is 6.54. The third-order valence-electron chi connectivity index (χ3n) is 3.95. The molecule has 168 valence electrons. The van der Waals surface area contributed by atoms with Gasteiger partial charge in [0.05, 0.1) is 12.1 Å². The molecule has 0 aromatic carbocycles. The van der Waals surface area contributed by atoms with E-state index in [1.807, 2.05) is 20.8 Å². The van der Waals surface area contributed by atoms with E-state index in [1.165, 1.54) is 0 Å². The Morgan fingerprint density at radius 2 is 1.76 bits per heavy atom. The number of aromatic nitrogens is 2. The van der Waals surface area contributed by atoms with E-state index in [4.69, 9.17) is 0 Å². The summed E-state index contributed by atoms with van der Waals surface area (Å²) in [5, 5.41) is 19.6. The summed E-state index contributed by atoms with van der Waals surface area (Å²) >= 11 is 0. The molecule has 1 aromatic heterocycles. The van der Waals surface area contributed by atoms with Crippen LogP contribution in [0.1, 0.15) is 52.1 Å². The number of nitrogens with one attached hydrogen (secondary N) is 3. The molecule has 11 heteroatoms. The van der Waals surface area contributed by atoms with Gasteiger partial charge in [-0.15, -0.1) is 24.0 Å². The summed E-state index contributed by atoms with van der Waals surface area (Å²) in [6.07, 6.45) is -0.333. The minimum atomic E-state index is -4.50. The van der Waals surface area contributed by atoms with Crippen molar-refractivity contribution in [2.75, 3.05) is 31.5 Å². The van der Waals surface area contributed by atoms with Crippen LogP contribution >= 0.6 is 24.0 Å². The molecule has 1 heterocycles. The molecule has 7 nitrogen and oxygen atoms in total. The number of aliphatic hydroxyl groups is 1. The van der Waals surface area contributed by atoms with Crippen molar-refractivity contribution < 1.29 is 18.3 Å². The molecule has 0 saturated heterocycles. The summed E-state index contributed by atoms with van der Waals surface area (Å²) in [6, 6.07) is 0.826. The molecule has 0 aliphatic carbocycles. The van der Waals surface area contributed by atoms with Crippen molar-refractivity contribution in [1.29, 1.82) is 0 Å². The van der Waals surface area contributed by atoms with Crippen molar-refractivity contribution in [2.45, 2.75) is 58.2 Å². The summed E-state index contributed by atoms with van der Waals surface area (Å²) in [6.45, 7) is 7.61. The van der Waals surface area contributed by atoms with Gasteiger partial charge in [0.15, 0.2) is 5.96 Å². The number of aliphatic imine (C=N–C) groups is 1. The average molecular weight is 532 g/mol. The summed E-state index contributed by atoms with van der Waals surface area (Å²) in [5.41, 5.74) is -1.81. The predicted octanol–water partition coefficient (Wildman–Crippen LogP) is 3.41. The molecule has 0 spiro atoms. The smallest absolute Gasteiger partial charge is 0.388 e. The lowest BCUT2D eigenvalue weighted by molar-refractivity contribution is -0.141. The lowest BCUT2D eigenvalue weighted by Gasteiger charge is -2.26. The Balaban J connectivity index is 0.00000784. The van der Waals surface area contributed by atoms with Crippen LogP contribution in [0.2, 0.25) is 0 Å². The molecule has 1 aromatic rings. The topological polar surface area (TPSA) is 94.5 Å². The highest BCUT2D eigenvalue weighted by Gasteiger charge is 2.32. The Labute approximate surface area is 187 Å². The van der Waals surface area contributed by atoms with Gasteiger partial charge < -0.3 is 21.1 Å². The number of halogens is 4. The second kappa shape index (κ2) is 13.8. The number of hydrogen-bond acceptors (Lipinski definition) is 5. The first-order chi connectivity index (χ1) is 13.2. The molecule has 0 amide bonds. The number of guanidine groups is 1. The molecule has 0 unspecified atom stereocenters. The van der Waals surface area contributed by atoms with E-state index in [1.54, 1.807) is 0 Å². The minimum absolute atomic E-state index is 0. The van der Waals surface area contributed by atoms with Crippen molar-refractivity contribution in [3.63, 3.8) is 0 Å². The molecule has 0 bridgehead atoms. The quantitative estimate of drug-likeness (QED) is 0.151. The first-order valence-corrected chi connectivity index (χ1v) is 9.62. The van der Waals surface area contributed by atoms with Crippen LogP contribution in [-0.2, 0) is 6.18 Å². The molecular weight excluding hydrogens is 500 g/mol. The Bertz CT molecular complexity index is 610. The zero-order chi connectivity index (χ0) is 21.0. The van der Waals surface area contributed by atoms with Crippen LogP contribution in [-0.4, -0.2) is 52.8 Å². The van der Waals surface area contributed by atoms with E-state index in [-0.39, 0.29) is 36.5 Å². The third-order valence-corrected chi connectivity index (χ3v) is 3.95. The van der Waals surface area contributed by atoms with E-state index in [9.17, 15) is 18.3 Å². The number of rotatable bonds is 11.